The Morgan fingerprint density at radius 3 is 1.00 bits per heavy atom. The van der Waals surface area contributed by atoms with Gasteiger partial charge in [0.2, 0.25) is 0 Å². The summed E-state index contributed by atoms with van der Waals surface area (Å²) >= 11 is 0. The SMILES string of the molecule is Cc1ccc2c(c1)c1cc(C)ccc1n2-c1cc(C(F)(F)F)c(-n2c3ccc(C)cc3c3cc(C)ccc32)c(C(F)(F)F)c1. The Kier molecular flexibility index (Phi) is 5.99. The molecule has 222 valence electrons. The number of halogens is 6. The summed E-state index contributed by atoms with van der Waals surface area (Å²) in [6.07, 6.45) is -10.2. The van der Waals surface area contributed by atoms with E-state index in [1.54, 1.807) is 60.7 Å². The van der Waals surface area contributed by atoms with Crippen molar-refractivity contribution in [2.24, 2.45) is 0 Å². The predicted molar refractivity (Wildman–Crippen MR) is 164 cm³/mol. The molecule has 0 aliphatic heterocycles. The zero-order valence-electron chi connectivity index (χ0n) is 24.2. The maximum absolute atomic E-state index is 15.1. The summed E-state index contributed by atoms with van der Waals surface area (Å²) in [5, 5.41) is 2.68. The van der Waals surface area contributed by atoms with Gasteiger partial charge < -0.3 is 9.13 Å². The minimum atomic E-state index is -5.10. The van der Waals surface area contributed by atoms with Crippen molar-refractivity contribution in [2.75, 3.05) is 0 Å². The molecule has 7 aromatic rings. The van der Waals surface area contributed by atoms with Gasteiger partial charge in [-0.05, 0) is 88.4 Å². The lowest BCUT2D eigenvalue weighted by Gasteiger charge is -2.23. The van der Waals surface area contributed by atoms with Gasteiger partial charge in [-0.25, -0.2) is 0 Å². The summed E-state index contributed by atoms with van der Waals surface area (Å²) < 4.78 is 93.2. The molecular weight excluding hydrogens is 574 g/mol. The van der Waals surface area contributed by atoms with Crippen LogP contribution in [-0.2, 0) is 12.4 Å². The van der Waals surface area contributed by atoms with E-state index in [2.05, 4.69) is 0 Å². The molecule has 5 aromatic carbocycles. The van der Waals surface area contributed by atoms with Gasteiger partial charge in [0.05, 0.1) is 38.9 Å². The lowest BCUT2D eigenvalue weighted by molar-refractivity contribution is -0.142. The van der Waals surface area contributed by atoms with E-state index in [1.165, 1.54) is 4.57 Å². The third kappa shape index (κ3) is 4.26. The van der Waals surface area contributed by atoms with Crippen molar-refractivity contribution in [3.05, 3.63) is 118 Å². The maximum atomic E-state index is 15.1. The van der Waals surface area contributed by atoms with E-state index in [9.17, 15) is 0 Å². The second-order valence-corrected chi connectivity index (χ2v) is 11.6. The second-order valence-electron chi connectivity index (χ2n) is 11.6. The minimum absolute atomic E-state index is 0.214. The summed E-state index contributed by atoms with van der Waals surface area (Å²) in [7, 11) is 0. The monoisotopic (exact) mass is 600 g/mol. The number of rotatable bonds is 2. The van der Waals surface area contributed by atoms with Gasteiger partial charge in [-0.2, -0.15) is 26.3 Å². The molecule has 0 radical (unpaired) electrons. The van der Waals surface area contributed by atoms with E-state index in [-0.39, 0.29) is 16.7 Å². The predicted octanol–water partition coefficient (Wildman–Crippen LogP) is 11.2. The first-order chi connectivity index (χ1) is 20.7. The first-order valence-electron chi connectivity index (χ1n) is 14.1. The first kappa shape index (κ1) is 28.1. The quantitative estimate of drug-likeness (QED) is 0.175. The highest BCUT2D eigenvalue weighted by Gasteiger charge is 2.43. The van der Waals surface area contributed by atoms with Crippen LogP contribution in [0.1, 0.15) is 33.4 Å². The standard InChI is InChI=1S/C36H26F6N2/c1-19-5-9-30-24(13-19)25-14-20(2)6-10-31(25)43(30)23-17-28(35(37,38)39)34(29(18-23)36(40,41)42)44-32-11-7-21(3)15-26(32)27-16-22(4)8-12-33(27)44/h5-18H,1-4H3. The summed E-state index contributed by atoms with van der Waals surface area (Å²) in [5.74, 6) is 0. The molecule has 0 aliphatic rings. The molecule has 0 saturated carbocycles. The number of nitrogens with zero attached hydrogens (tertiary/aromatic N) is 2. The molecule has 2 nitrogen and oxygen atoms in total. The number of aryl methyl sites for hydroxylation is 4. The molecule has 0 atom stereocenters. The van der Waals surface area contributed by atoms with Crippen LogP contribution in [0.3, 0.4) is 0 Å². The topological polar surface area (TPSA) is 9.86 Å². The molecule has 2 heterocycles. The summed E-state index contributed by atoms with van der Waals surface area (Å²) in [6, 6.07) is 22.8. The molecule has 0 N–H and O–H groups in total. The van der Waals surface area contributed by atoms with Crippen LogP contribution in [0.15, 0.2) is 84.9 Å². The maximum Gasteiger partial charge on any atom is 0.418 e. The van der Waals surface area contributed by atoms with E-state index in [0.717, 1.165) is 49.7 Å². The van der Waals surface area contributed by atoms with Crippen LogP contribution in [0.5, 0.6) is 0 Å². The van der Waals surface area contributed by atoms with Gasteiger partial charge in [-0.1, -0.05) is 46.5 Å². The normalized spacial score (nSPS) is 12.8. The molecule has 8 heteroatoms. The smallest absolute Gasteiger partial charge is 0.309 e. The van der Waals surface area contributed by atoms with Crippen LogP contribution in [0.25, 0.3) is 55.0 Å². The molecule has 0 fully saturated rings. The highest BCUT2D eigenvalue weighted by Crippen LogP contribution is 2.47. The van der Waals surface area contributed by atoms with E-state index < -0.39 is 29.2 Å². The molecule has 0 aliphatic carbocycles. The van der Waals surface area contributed by atoms with Crippen molar-refractivity contribution in [1.82, 2.24) is 9.13 Å². The summed E-state index contributed by atoms with van der Waals surface area (Å²) in [4.78, 5) is 0. The van der Waals surface area contributed by atoms with Crippen LogP contribution >= 0.6 is 0 Å². The Morgan fingerprint density at radius 1 is 0.409 bits per heavy atom. The van der Waals surface area contributed by atoms with Gasteiger partial charge in [0, 0.05) is 27.2 Å². The van der Waals surface area contributed by atoms with Crippen LogP contribution in [0.4, 0.5) is 26.3 Å². The molecule has 2 aromatic heterocycles. The molecule has 0 saturated heterocycles. The van der Waals surface area contributed by atoms with Crippen LogP contribution in [0, 0.1) is 27.7 Å². The molecule has 7 rings (SSSR count). The Hall–Kier alpha value is -4.72. The number of hydrogen-bond acceptors (Lipinski definition) is 0. The minimum Gasteiger partial charge on any atom is -0.309 e. The van der Waals surface area contributed by atoms with Gasteiger partial charge in [0.1, 0.15) is 0 Å². The first-order valence-corrected chi connectivity index (χ1v) is 14.1. The van der Waals surface area contributed by atoms with E-state index in [0.29, 0.717) is 21.8 Å². The third-order valence-corrected chi connectivity index (χ3v) is 8.34. The van der Waals surface area contributed by atoms with E-state index in [4.69, 9.17) is 0 Å². The number of hydrogen-bond donors (Lipinski definition) is 0. The van der Waals surface area contributed by atoms with Crippen molar-refractivity contribution in [1.29, 1.82) is 0 Å². The number of fused-ring (bicyclic) bond motifs is 6. The molecule has 0 bridgehead atoms. The Morgan fingerprint density at radius 2 is 0.705 bits per heavy atom. The van der Waals surface area contributed by atoms with Gasteiger partial charge >= 0.3 is 12.4 Å². The Labute approximate surface area is 248 Å². The van der Waals surface area contributed by atoms with Crippen molar-refractivity contribution < 1.29 is 26.3 Å². The lowest BCUT2D eigenvalue weighted by Crippen LogP contribution is -2.19. The Bertz CT molecular complexity index is 2140. The fourth-order valence-corrected chi connectivity index (χ4v) is 6.44. The molecule has 44 heavy (non-hydrogen) atoms. The van der Waals surface area contributed by atoms with Crippen molar-refractivity contribution in [3.63, 3.8) is 0 Å². The van der Waals surface area contributed by atoms with Crippen LogP contribution < -0.4 is 0 Å². The zero-order valence-corrected chi connectivity index (χ0v) is 24.2. The molecular formula is C36H26F6N2. The number of alkyl halides is 6. The van der Waals surface area contributed by atoms with Gasteiger partial charge in [0.15, 0.2) is 0 Å². The molecule has 0 unspecified atom stereocenters. The van der Waals surface area contributed by atoms with E-state index in [1.807, 2.05) is 39.8 Å². The lowest BCUT2D eigenvalue weighted by atomic mass is 10.0. The highest BCUT2D eigenvalue weighted by atomic mass is 19.4. The number of aromatic nitrogens is 2. The van der Waals surface area contributed by atoms with Gasteiger partial charge in [-0.3, -0.25) is 0 Å². The average Bonchev–Trinajstić information content (AvgIpc) is 3.42. The largest absolute Gasteiger partial charge is 0.418 e. The Balaban J connectivity index is 1.67. The second kappa shape index (κ2) is 9.39. The molecule has 0 amide bonds. The van der Waals surface area contributed by atoms with Crippen molar-refractivity contribution in [2.45, 2.75) is 40.0 Å². The fourth-order valence-electron chi connectivity index (χ4n) is 6.44. The van der Waals surface area contributed by atoms with Gasteiger partial charge in [-0.15, -0.1) is 0 Å². The van der Waals surface area contributed by atoms with E-state index >= 15 is 26.3 Å². The van der Waals surface area contributed by atoms with Crippen molar-refractivity contribution >= 4 is 43.6 Å². The average molecular weight is 601 g/mol. The van der Waals surface area contributed by atoms with Gasteiger partial charge in [0.25, 0.3) is 0 Å². The summed E-state index contributed by atoms with van der Waals surface area (Å²) in [5.41, 5.74) is 1.24. The van der Waals surface area contributed by atoms with Crippen LogP contribution in [-0.4, -0.2) is 9.13 Å². The third-order valence-electron chi connectivity index (χ3n) is 8.34. The van der Waals surface area contributed by atoms with Crippen molar-refractivity contribution in [3.8, 4) is 11.4 Å². The number of benzene rings is 5. The highest BCUT2D eigenvalue weighted by molar-refractivity contribution is 6.11. The molecule has 0 spiro atoms. The zero-order chi connectivity index (χ0) is 31.3. The summed E-state index contributed by atoms with van der Waals surface area (Å²) in [6.45, 7) is 7.46. The van der Waals surface area contributed by atoms with Crippen LogP contribution in [0.2, 0.25) is 0 Å². The fraction of sp³-hybridized carbons (Fsp3) is 0.167.